The number of likely N-dealkylation sites (N-methyl/N-ethyl adjacent to an activating group) is 1. The molecule has 0 heterocycles. The molecule has 5 heteroatoms. The van der Waals surface area contributed by atoms with Gasteiger partial charge in [-0.25, -0.2) is 0 Å². The van der Waals surface area contributed by atoms with Gasteiger partial charge in [-0.3, -0.25) is 9.59 Å². The molecule has 0 fully saturated rings. The van der Waals surface area contributed by atoms with Crippen molar-refractivity contribution in [1.82, 2.24) is 10.2 Å². The molecule has 0 aromatic heterocycles. The van der Waals surface area contributed by atoms with Crippen LogP contribution >= 0.6 is 0 Å². The minimum absolute atomic E-state index is 0.0703. The van der Waals surface area contributed by atoms with Crippen molar-refractivity contribution in [2.45, 2.75) is 26.8 Å². The first kappa shape index (κ1) is 16.0. The molecule has 1 aromatic rings. The van der Waals surface area contributed by atoms with Crippen molar-refractivity contribution >= 4 is 17.5 Å². The van der Waals surface area contributed by atoms with Crippen LogP contribution in [0.1, 0.15) is 31.1 Å². The Kier molecular flexibility index (Phi) is 6.03. The molecule has 2 N–H and O–H groups in total. The van der Waals surface area contributed by atoms with Crippen LogP contribution in [0.3, 0.4) is 0 Å². The molecule has 20 heavy (non-hydrogen) atoms. The normalized spacial score (nSPS) is 10.2. The molecule has 0 unspecified atom stereocenters. The van der Waals surface area contributed by atoms with Crippen molar-refractivity contribution in [3.05, 3.63) is 29.8 Å². The van der Waals surface area contributed by atoms with E-state index in [1.54, 1.807) is 13.1 Å². The monoisotopic (exact) mass is 277 g/mol. The quantitative estimate of drug-likeness (QED) is 0.832. The van der Waals surface area contributed by atoms with Gasteiger partial charge < -0.3 is 15.5 Å². The predicted octanol–water partition coefficient (Wildman–Crippen LogP) is 1.71. The summed E-state index contributed by atoms with van der Waals surface area (Å²) in [5, 5.41) is 5.79. The van der Waals surface area contributed by atoms with Crippen LogP contribution in [0.25, 0.3) is 0 Å². The molecule has 110 valence electrons. The van der Waals surface area contributed by atoms with Crippen LogP contribution in [0.2, 0.25) is 0 Å². The molecule has 2 amide bonds. The van der Waals surface area contributed by atoms with Gasteiger partial charge in [0.15, 0.2) is 0 Å². The van der Waals surface area contributed by atoms with Crippen molar-refractivity contribution in [2.24, 2.45) is 0 Å². The Bertz CT molecular complexity index is 472. The number of rotatable bonds is 6. The molecule has 1 rings (SSSR count). The van der Waals surface area contributed by atoms with E-state index in [9.17, 15) is 9.59 Å². The number of nitrogens with one attached hydrogen (secondary N) is 2. The maximum atomic E-state index is 12.5. The highest BCUT2D eigenvalue weighted by Crippen LogP contribution is 2.16. The van der Waals surface area contributed by atoms with E-state index < -0.39 is 0 Å². The minimum atomic E-state index is -0.142. The number of nitrogens with zero attached hydrogens (tertiary/aromatic N) is 1. The van der Waals surface area contributed by atoms with Crippen molar-refractivity contribution in [3.8, 4) is 0 Å². The number of amides is 2. The SMILES string of the molecule is CCN(CC(=O)NC(C)C)C(=O)c1ccccc1NC. The first-order chi connectivity index (χ1) is 9.49. The van der Waals surface area contributed by atoms with Crippen LogP contribution in [-0.2, 0) is 4.79 Å². The van der Waals surface area contributed by atoms with E-state index in [1.165, 1.54) is 4.90 Å². The lowest BCUT2D eigenvalue weighted by Crippen LogP contribution is -2.42. The lowest BCUT2D eigenvalue weighted by atomic mass is 10.1. The molecule has 0 atom stereocenters. The second kappa shape index (κ2) is 7.53. The number of hydrogen-bond donors (Lipinski definition) is 2. The Balaban J connectivity index is 2.84. The van der Waals surface area contributed by atoms with Crippen LogP contribution in [0.4, 0.5) is 5.69 Å². The summed E-state index contributed by atoms with van der Waals surface area (Å²) in [5.74, 6) is -0.284. The molecule has 5 nitrogen and oxygen atoms in total. The van der Waals surface area contributed by atoms with E-state index in [1.807, 2.05) is 39.0 Å². The van der Waals surface area contributed by atoms with E-state index in [2.05, 4.69) is 10.6 Å². The molecular weight excluding hydrogens is 254 g/mol. The fourth-order valence-electron chi connectivity index (χ4n) is 1.93. The number of carbonyl (C=O) groups is 2. The second-order valence-electron chi connectivity index (χ2n) is 4.84. The molecule has 1 aromatic carbocycles. The van der Waals surface area contributed by atoms with Gasteiger partial charge in [-0.05, 0) is 32.9 Å². The van der Waals surface area contributed by atoms with Crippen LogP contribution in [0.5, 0.6) is 0 Å². The Hall–Kier alpha value is -2.04. The zero-order valence-electron chi connectivity index (χ0n) is 12.6. The third kappa shape index (κ3) is 4.26. The zero-order chi connectivity index (χ0) is 15.1. The molecule has 0 saturated heterocycles. The van der Waals surface area contributed by atoms with E-state index in [-0.39, 0.29) is 24.4 Å². The molecule has 0 aliphatic carbocycles. The van der Waals surface area contributed by atoms with Gasteiger partial charge in [0.05, 0.1) is 12.1 Å². The van der Waals surface area contributed by atoms with Gasteiger partial charge in [-0.2, -0.15) is 0 Å². The van der Waals surface area contributed by atoms with Gasteiger partial charge in [0.2, 0.25) is 5.91 Å². The molecule has 0 spiro atoms. The van der Waals surface area contributed by atoms with Gasteiger partial charge in [0, 0.05) is 25.3 Å². The van der Waals surface area contributed by atoms with Crippen LogP contribution < -0.4 is 10.6 Å². The molecule has 0 bridgehead atoms. The summed E-state index contributed by atoms with van der Waals surface area (Å²) < 4.78 is 0. The largest absolute Gasteiger partial charge is 0.387 e. The Labute approximate surface area is 120 Å². The summed E-state index contributed by atoms with van der Waals surface area (Å²) in [5.41, 5.74) is 1.34. The average molecular weight is 277 g/mol. The third-order valence-corrected chi connectivity index (χ3v) is 2.88. The topological polar surface area (TPSA) is 61.4 Å². The van der Waals surface area contributed by atoms with Crippen molar-refractivity contribution in [3.63, 3.8) is 0 Å². The number of hydrogen-bond acceptors (Lipinski definition) is 3. The van der Waals surface area contributed by atoms with Gasteiger partial charge in [0.1, 0.15) is 0 Å². The van der Waals surface area contributed by atoms with Crippen LogP contribution in [0, 0.1) is 0 Å². The smallest absolute Gasteiger partial charge is 0.256 e. The first-order valence-electron chi connectivity index (χ1n) is 6.85. The number of para-hydroxylation sites is 1. The van der Waals surface area contributed by atoms with Gasteiger partial charge in [-0.15, -0.1) is 0 Å². The molecule has 0 saturated carbocycles. The maximum Gasteiger partial charge on any atom is 0.256 e. The first-order valence-corrected chi connectivity index (χ1v) is 6.85. The fraction of sp³-hybridized carbons (Fsp3) is 0.467. The zero-order valence-corrected chi connectivity index (χ0v) is 12.6. The lowest BCUT2D eigenvalue weighted by molar-refractivity contribution is -0.122. The summed E-state index contributed by atoms with van der Waals surface area (Å²) in [6.07, 6.45) is 0. The Morgan fingerprint density at radius 1 is 1.25 bits per heavy atom. The van der Waals surface area contributed by atoms with Crippen LogP contribution in [0.15, 0.2) is 24.3 Å². The van der Waals surface area contributed by atoms with Crippen molar-refractivity contribution < 1.29 is 9.59 Å². The van der Waals surface area contributed by atoms with Crippen molar-refractivity contribution in [2.75, 3.05) is 25.5 Å². The summed E-state index contributed by atoms with van der Waals surface area (Å²) in [4.78, 5) is 25.8. The number of carbonyl (C=O) groups excluding carboxylic acids is 2. The lowest BCUT2D eigenvalue weighted by Gasteiger charge is -2.22. The Morgan fingerprint density at radius 3 is 2.45 bits per heavy atom. The van der Waals surface area contributed by atoms with Crippen molar-refractivity contribution in [1.29, 1.82) is 0 Å². The fourth-order valence-corrected chi connectivity index (χ4v) is 1.93. The average Bonchev–Trinajstić information content (AvgIpc) is 2.43. The molecule has 0 aliphatic heterocycles. The van der Waals surface area contributed by atoms with Gasteiger partial charge >= 0.3 is 0 Å². The Morgan fingerprint density at radius 2 is 1.90 bits per heavy atom. The summed E-state index contributed by atoms with van der Waals surface area (Å²) in [6.45, 7) is 6.22. The molecule has 0 aliphatic rings. The van der Waals surface area contributed by atoms with E-state index in [0.29, 0.717) is 12.1 Å². The van der Waals surface area contributed by atoms with Gasteiger partial charge in [0.25, 0.3) is 5.91 Å². The molecular formula is C15H23N3O2. The number of anilines is 1. The summed E-state index contributed by atoms with van der Waals surface area (Å²) >= 11 is 0. The standard InChI is InChI=1S/C15H23N3O2/c1-5-18(10-14(19)17-11(2)3)15(20)12-8-6-7-9-13(12)16-4/h6-9,11,16H,5,10H2,1-4H3,(H,17,19). The van der Waals surface area contributed by atoms with E-state index >= 15 is 0 Å². The summed E-state index contributed by atoms with van der Waals surface area (Å²) in [7, 11) is 1.77. The summed E-state index contributed by atoms with van der Waals surface area (Å²) in [6, 6.07) is 7.35. The highest BCUT2D eigenvalue weighted by atomic mass is 16.2. The molecule has 0 radical (unpaired) electrons. The second-order valence-corrected chi connectivity index (χ2v) is 4.84. The highest BCUT2D eigenvalue weighted by Gasteiger charge is 2.19. The maximum absolute atomic E-state index is 12.5. The number of benzene rings is 1. The highest BCUT2D eigenvalue weighted by molar-refractivity contribution is 6.01. The predicted molar refractivity (Wildman–Crippen MR) is 80.8 cm³/mol. The third-order valence-electron chi connectivity index (χ3n) is 2.88. The minimum Gasteiger partial charge on any atom is -0.387 e. The van der Waals surface area contributed by atoms with Crippen LogP contribution in [-0.4, -0.2) is 42.9 Å². The van der Waals surface area contributed by atoms with E-state index in [4.69, 9.17) is 0 Å². The van der Waals surface area contributed by atoms with E-state index in [0.717, 1.165) is 5.69 Å². The van der Waals surface area contributed by atoms with Gasteiger partial charge in [-0.1, -0.05) is 12.1 Å².